The van der Waals surface area contributed by atoms with E-state index in [1.165, 1.54) is 0 Å². The zero-order chi connectivity index (χ0) is 9.26. The van der Waals surface area contributed by atoms with Gasteiger partial charge in [-0.05, 0) is 34.5 Å². The Morgan fingerprint density at radius 1 is 1.54 bits per heavy atom. The number of aromatic nitrogens is 3. The third-order valence-electron chi connectivity index (χ3n) is 1.83. The molecule has 2 rings (SSSR count). The van der Waals surface area contributed by atoms with Crippen molar-refractivity contribution in [2.75, 3.05) is 0 Å². The average Bonchev–Trinajstić information content (AvgIpc) is 2.49. The number of aryl methyl sites for hydroxylation is 1. The number of hydrogen-bond donors (Lipinski definition) is 0. The molecule has 0 aliphatic carbocycles. The van der Waals surface area contributed by atoms with Crippen molar-refractivity contribution in [1.29, 1.82) is 0 Å². The standard InChI is InChI=1S/C9H10BrN3/c1-2-4-8-11-9-7(10)5-3-6-13(9)12-8/h3,5-6H,2,4H2,1H3. The molecule has 0 amide bonds. The van der Waals surface area contributed by atoms with E-state index in [0.29, 0.717) is 0 Å². The summed E-state index contributed by atoms with van der Waals surface area (Å²) in [5.74, 6) is 0.911. The Bertz CT molecular complexity index is 422. The normalized spacial score (nSPS) is 10.9. The minimum absolute atomic E-state index is 0.894. The molecule has 0 aliphatic heterocycles. The minimum atomic E-state index is 0.894. The van der Waals surface area contributed by atoms with Gasteiger partial charge in [0.05, 0.1) is 4.47 Å². The molecule has 0 bridgehead atoms. The maximum atomic E-state index is 4.41. The van der Waals surface area contributed by atoms with E-state index in [2.05, 4.69) is 32.9 Å². The molecule has 0 spiro atoms. The lowest BCUT2D eigenvalue weighted by molar-refractivity contribution is 0.818. The zero-order valence-corrected chi connectivity index (χ0v) is 8.95. The molecule has 0 fully saturated rings. The largest absolute Gasteiger partial charge is 0.220 e. The van der Waals surface area contributed by atoms with Crippen LogP contribution in [0.25, 0.3) is 5.65 Å². The molecule has 0 aliphatic rings. The van der Waals surface area contributed by atoms with Crippen LogP contribution in [0.4, 0.5) is 0 Å². The van der Waals surface area contributed by atoms with Gasteiger partial charge in [0, 0.05) is 12.6 Å². The Morgan fingerprint density at radius 2 is 2.38 bits per heavy atom. The molecule has 3 nitrogen and oxygen atoms in total. The molecule has 2 aromatic heterocycles. The van der Waals surface area contributed by atoms with E-state index in [0.717, 1.165) is 28.8 Å². The highest BCUT2D eigenvalue weighted by Gasteiger charge is 2.04. The summed E-state index contributed by atoms with van der Waals surface area (Å²) in [7, 11) is 0. The van der Waals surface area contributed by atoms with Crippen LogP contribution in [0.2, 0.25) is 0 Å². The Balaban J connectivity index is 2.55. The van der Waals surface area contributed by atoms with Crippen LogP contribution in [0.15, 0.2) is 22.8 Å². The van der Waals surface area contributed by atoms with Gasteiger partial charge in [-0.15, -0.1) is 0 Å². The first-order chi connectivity index (χ1) is 6.31. The SMILES string of the molecule is CCCc1nc2c(Br)cccn2n1. The maximum absolute atomic E-state index is 4.41. The van der Waals surface area contributed by atoms with Crippen LogP contribution in [0.5, 0.6) is 0 Å². The second-order valence-corrected chi connectivity index (χ2v) is 3.76. The van der Waals surface area contributed by atoms with Gasteiger partial charge in [-0.1, -0.05) is 6.92 Å². The van der Waals surface area contributed by atoms with Gasteiger partial charge in [0.1, 0.15) is 0 Å². The fraction of sp³-hybridized carbons (Fsp3) is 0.333. The first-order valence-electron chi connectivity index (χ1n) is 4.31. The van der Waals surface area contributed by atoms with Gasteiger partial charge in [0.15, 0.2) is 11.5 Å². The van der Waals surface area contributed by atoms with Gasteiger partial charge in [-0.2, -0.15) is 5.10 Å². The summed E-state index contributed by atoms with van der Waals surface area (Å²) in [6.07, 6.45) is 3.93. The number of halogens is 1. The van der Waals surface area contributed by atoms with Gasteiger partial charge < -0.3 is 0 Å². The highest BCUT2D eigenvalue weighted by atomic mass is 79.9. The zero-order valence-electron chi connectivity index (χ0n) is 7.37. The molecule has 0 saturated carbocycles. The van der Waals surface area contributed by atoms with Crippen LogP contribution in [0.3, 0.4) is 0 Å². The van der Waals surface area contributed by atoms with Crippen molar-refractivity contribution in [3.05, 3.63) is 28.6 Å². The summed E-state index contributed by atoms with van der Waals surface area (Å²) in [5, 5.41) is 4.34. The van der Waals surface area contributed by atoms with Gasteiger partial charge >= 0.3 is 0 Å². The van der Waals surface area contributed by atoms with Crippen molar-refractivity contribution < 1.29 is 0 Å². The maximum Gasteiger partial charge on any atom is 0.169 e. The van der Waals surface area contributed by atoms with Crippen LogP contribution in [-0.4, -0.2) is 14.6 Å². The number of nitrogens with zero attached hydrogens (tertiary/aromatic N) is 3. The summed E-state index contributed by atoms with van der Waals surface area (Å²) >= 11 is 3.44. The fourth-order valence-corrected chi connectivity index (χ4v) is 1.67. The van der Waals surface area contributed by atoms with E-state index in [4.69, 9.17) is 0 Å². The van der Waals surface area contributed by atoms with Crippen molar-refractivity contribution >= 4 is 21.6 Å². The third-order valence-corrected chi connectivity index (χ3v) is 2.45. The van der Waals surface area contributed by atoms with Crippen molar-refractivity contribution in [2.45, 2.75) is 19.8 Å². The predicted molar refractivity (Wildman–Crippen MR) is 54.7 cm³/mol. The molecule has 68 valence electrons. The molecule has 0 radical (unpaired) electrons. The van der Waals surface area contributed by atoms with Crippen molar-refractivity contribution in [3.8, 4) is 0 Å². The van der Waals surface area contributed by atoms with E-state index >= 15 is 0 Å². The Morgan fingerprint density at radius 3 is 3.08 bits per heavy atom. The fourth-order valence-electron chi connectivity index (χ4n) is 1.25. The van der Waals surface area contributed by atoms with E-state index in [9.17, 15) is 0 Å². The number of hydrogen-bond acceptors (Lipinski definition) is 2. The Labute approximate surface area is 84.9 Å². The van der Waals surface area contributed by atoms with E-state index in [1.54, 1.807) is 4.52 Å². The second-order valence-electron chi connectivity index (χ2n) is 2.90. The lowest BCUT2D eigenvalue weighted by Gasteiger charge is -1.90. The lowest BCUT2D eigenvalue weighted by Crippen LogP contribution is -1.88. The lowest BCUT2D eigenvalue weighted by atomic mass is 10.3. The Kier molecular flexibility index (Phi) is 2.31. The van der Waals surface area contributed by atoms with Gasteiger partial charge in [0.2, 0.25) is 0 Å². The van der Waals surface area contributed by atoms with Crippen LogP contribution < -0.4 is 0 Å². The van der Waals surface area contributed by atoms with Crippen molar-refractivity contribution in [3.63, 3.8) is 0 Å². The summed E-state index contributed by atoms with van der Waals surface area (Å²) < 4.78 is 2.79. The molecule has 4 heteroatoms. The molecule has 2 heterocycles. The van der Waals surface area contributed by atoms with Crippen LogP contribution in [0, 0.1) is 0 Å². The second kappa shape index (κ2) is 3.46. The summed E-state index contributed by atoms with van der Waals surface area (Å²) in [5.41, 5.74) is 0.894. The Hall–Kier alpha value is -0.900. The molecular formula is C9H10BrN3. The van der Waals surface area contributed by atoms with E-state index < -0.39 is 0 Å². The topological polar surface area (TPSA) is 30.2 Å². The van der Waals surface area contributed by atoms with Crippen LogP contribution in [0.1, 0.15) is 19.2 Å². The van der Waals surface area contributed by atoms with E-state index in [1.807, 2.05) is 18.3 Å². The number of rotatable bonds is 2. The molecular weight excluding hydrogens is 230 g/mol. The summed E-state index contributed by atoms with van der Waals surface area (Å²) in [6.45, 7) is 2.13. The predicted octanol–water partition coefficient (Wildman–Crippen LogP) is 2.44. The summed E-state index contributed by atoms with van der Waals surface area (Å²) in [4.78, 5) is 4.41. The number of pyridine rings is 1. The first kappa shape index (κ1) is 8.69. The molecule has 0 atom stereocenters. The smallest absolute Gasteiger partial charge is 0.169 e. The van der Waals surface area contributed by atoms with Crippen LogP contribution >= 0.6 is 15.9 Å². The van der Waals surface area contributed by atoms with Gasteiger partial charge in [-0.25, -0.2) is 9.50 Å². The van der Waals surface area contributed by atoms with Crippen LogP contribution in [-0.2, 0) is 6.42 Å². The third kappa shape index (κ3) is 1.58. The molecule has 13 heavy (non-hydrogen) atoms. The molecule has 0 saturated heterocycles. The molecule has 0 N–H and O–H groups in total. The molecule has 0 aromatic carbocycles. The summed E-state index contributed by atoms with van der Waals surface area (Å²) in [6, 6.07) is 3.92. The highest BCUT2D eigenvalue weighted by molar-refractivity contribution is 9.10. The molecule has 2 aromatic rings. The van der Waals surface area contributed by atoms with Crippen molar-refractivity contribution in [2.24, 2.45) is 0 Å². The van der Waals surface area contributed by atoms with Crippen molar-refractivity contribution in [1.82, 2.24) is 14.6 Å². The van der Waals surface area contributed by atoms with Gasteiger partial charge in [0.25, 0.3) is 0 Å². The molecule has 0 unspecified atom stereocenters. The monoisotopic (exact) mass is 239 g/mol. The average molecular weight is 240 g/mol. The first-order valence-corrected chi connectivity index (χ1v) is 5.10. The number of fused-ring (bicyclic) bond motifs is 1. The highest BCUT2D eigenvalue weighted by Crippen LogP contribution is 2.15. The van der Waals surface area contributed by atoms with Gasteiger partial charge in [-0.3, -0.25) is 0 Å². The quantitative estimate of drug-likeness (QED) is 0.806. The van der Waals surface area contributed by atoms with E-state index in [-0.39, 0.29) is 0 Å². The minimum Gasteiger partial charge on any atom is -0.220 e.